The van der Waals surface area contributed by atoms with E-state index in [1.165, 1.54) is 20.9 Å². The number of halogens is 6. The molecule has 0 aromatic heterocycles. The molecule has 8 heteroatoms. The average Bonchev–Trinajstić information content (AvgIpc) is 2.34. The molecule has 0 heterocycles. The number of carbonyl (C=O) groups is 1. The summed E-state index contributed by atoms with van der Waals surface area (Å²) in [6, 6.07) is 1.37. The van der Waals surface area contributed by atoms with Crippen LogP contribution in [-0.4, -0.2) is 26.1 Å². The lowest BCUT2D eigenvalue weighted by molar-refractivity contribution is -0.274. The molecule has 0 fully saturated rings. The first-order valence-electron chi connectivity index (χ1n) is 5.80. The molecule has 1 amide bonds. The van der Waals surface area contributed by atoms with Crippen LogP contribution < -0.4 is 4.90 Å². The fourth-order valence-electron chi connectivity index (χ4n) is 2.19. The lowest BCUT2D eigenvalue weighted by atomic mass is 9.91. The summed E-state index contributed by atoms with van der Waals surface area (Å²) in [5, 5.41) is 0. The zero-order valence-corrected chi connectivity index (χ0v) is 11.4. The Bertz CT molecular complexity index is 519. The van der Waals surface area contributed by atoms with E-state index in [1.807, 2.05) is 0 Å². The normalized spacial score (nSPS) is 15.0. The van der Waals surface area contributed by atoms with Crippen molar-refractivity contribution >= 4 is 12.1 Å². The molecule has 1 rings (SSSR count). The van der Waals surface area contributed by atoms with Gasteiger partial charge in [-0.2, -0.15) is 13.2 Å². The summed E-state index contributed by atoms with van der Waals surface area (Å²) in [6.07, 6.45) is -9.60. The van der Waals surface area contributed by atoms with Gasteiger partial charge in [-0.15, -0.1) is 0 Å². The zero-order valence-electron chi connectivity index (χ0n) is 11.4. The summed E-state index contributed by atoms with van der Waals surface area (Å²) in [5.74, 6) is 0. The van der Waals surface area contributed by atoms with Crippen molar-refractivity contribution in [1.29, 1.82) is 0 Å². The molecule has 1 atom stereocenters. The first kappa shape index (κ1) is 17.3. The summed E-state index contributed by atoms with van der Waals surface area (Å²) in [4.78, 5) is 11.8. The highest BCUT2D eigenvalue weighted by atomic mass is 19.4. The minimum atomic E-state index is -5.75. The molecule has 1 aromatic rings. The third-order valence-corrected chi connectivity index (χ3v) is 3.14. The Morgan fingerprint density at radius 3 is 1.81 bits per heavy atom. The number of hydrogen-bond acceptors (Lipinski definition) is 1. The van der Waals surface area contributed by atoms with E-state index in [4.69, 9.17) is 0 Å². The van der Waals surface area contributed by atoms with Crippen LogP contribution in [0.25, 0.3) is 0 Å². The summed E-state index contributed by atoms with van der Waals surface area (Å²) in [7, 11) is 1.35. The summed E-state index contributed by atoms with van der Waals surface area (Å²) in [6.45, 7) is 2.63. The second kappa shape index (κ2) is 5.57. The van der Waals surface area contributed by atoms with E-state index in [9.17, 15) is 31.1 Å². The summed E-state index contributed by atoms with van der Waals surface area (Å²) in [5.41, 5.74) is -5.51. The first-order valence-corrected chi connectivity index (χ1v) is 5.80. The number of amides is 1. The topological polar surface area (TPSA) is 20.3 Å². The maximum Gasteiger partial charge on any atom is 0.432 e. The maximum absolute atomic E-state index is 14.0. The van der Waals surface area contributed by atoms with Gasteiger partial charge in [0.1, 0.15) is 0 Å². The van der Waals surface area contributed by atoms with Crippen LogP contribution in [0.3, 0.4) is 0 Å². The predicted molar refractivity (Wildman–Crippen MR) is 65.2 cm³/mol. The lowest BCUT2D eigenvalue weighted by Crippen LogP contribution is -2.44. The molecule has 0 saturated heterocycles. The minimum absolute atomic E-state index is 0.0894. The lowest BCUT2D eigenvalue weighted by Gasteiger charge is -2.29. The van der Waals surface area contributed by atoms with Crippen LogP contribution in [0.4, 0.5) is 32.0 Å². The Kier molecular flexibility index (Phi) is 4.60. The quantitative estimate of drug-likeness (QED) is 0.610. The van der Waals surface area contributed by atoms with Gasteiger partial charge in [-0.3, -0.25) is 4.79 Å². The molecule has 1 aromatic carbocycles. The Labute approximate surface area is 117 Å². The van der Waals surface area contributed by atoms with Gasteiger partial charge in [0, 0.05) is 18.3 Å². The van der Waals surface area contributed by atoms with E-state index in [-0.39, 0.29) is 16.8 Å². The van der Waals surface area contributed by atoms with Crippen molar-refractivity contribution in [2.24, 2.45) is 0 Å². The number of anilines is 1. The zero-order chi connectivity index (χ0) is 16.6. The van der Waals surface area contributed by atoms with E-state index >= 15 is 0 Å². The molecule has 0 N–H and O–H groups in total. The molecule has 0 aliphatic heterocycles. The van der Waals surface area contributed by atoms with Crippen LogP contribution in [0.5, 0.6) is 0 Å². The van der Waals surface area contributed by atoms with Crippen LogP contribution in [0, 0.1) is 13.8 Å². The number of alkyl halides is 6. The van der Waals surface area contributed by atoms with Gasteiger partial charge in [-0.1, -0.05) is 12.1 Å². The average molecular weight is 313 g/mol. The van der Waals surface area contributed by atoms with Crippen molar-refractivity contribution in [3.8, 4) is 0 Å². The second-order valence-corrected chi connectivity index (χ2v) is 4.69. The predicted octanol–water partition coefficient (Wildman–Crippen LogP) is 3.89. The van der Waals surface area contributed by atoms with E-state index in [2.05, 4.69) is 0 Å². The molecule has 0 aliphatic carbocycles. The van der Waals surface area contributed by atoms with E-state index in [0.29, 0.717) is 18.5 Å². The molecule has 0 bridgehead atoms. The number of hydrogen-bond donors (Lipinski definition) is 0. The van der Waals surface area contributed by atoms with Crippen LogP contribution in [0.15, 0.2) is 12.1 Å². The number of nitrogens with zero attached hydrogens (tertiary/aromatic N) is 1. The van der Waals surface area contributed by atoms with Gasteiger partial charge in [-0.25, -0.2) is 13.2 Å². The monoisotopic (exact) mass is 313 g/mol. The third kappa shape index (κ3) is 2.84. The Balaban J connectivity index is 3.55. The summed E-state index contributed by atoms with van der Waals surface area (Å²) >= 11 is 0. The van der Waals surface area contributed by atoms with Crippen LogP contribution >= 0.6 is 0 Å². The van der Waals surface area contributed by atoms with Gasteiger partial charge >= 0.3 is 6.18 Å². The molecule has 0 aliphatic rings. The van der Waals surface area contributed by atoms with E-state index < -0.39 is 23.8 Å². The second-order valence-electron chi connectivity index (χ2n) is 4.69. The fraction of sp³-hybridized carbons (Fsp3) is 0.462. The fourth-order valence-corrected chi connectivity index (χ4v) is 2.19. The van der Waals surface area contributed by atoms with E-state index in [1.54, 1.807) is 0 Å². The third-order valence-electron chi connectivity index (χ3n) is 3.14. The van der Waals surface area contributed by atoms with Gasteiger partial charge in [0.05, 0.1) is 0 Å². The van der Waals surface area contributed by atoms with Crippen molar-refractivity contribution in [3.05, 3.63) is 28.8 Å². The molecule has 0 saturated carbocycles. The number of rotatable bonds is 4. The number of carbonyl (C=O) groups excluding carboxylic acids is 1. The molecular weight excluding hydrogens is 300 g/mol. The number of aryl methyl sites for hydroxylation is 2. The highest BCUT2D eigenvalue weighted by molar-refractivity contribution is 5.78. The van der Waals surface area contributed by atoms with E-state index in [0.717, 1.165) is 4.90 Å². The van der Waals surface area contributed by atoms with Crippen molar-refractivity contribution in [2.45, 2.75) is 32.1 Å². The molecule has 21 heavy (non-hydrogen) atoms. The van der Waals surface area contributed by atoms with Gasteiger partial charge in [0.15, 0.2) is 0 Å². The van der Waals surface area contributed by atoms with Gasteiger partial charge in [0.2, 0.25) is 6.41 Å². The largest absolute Gasteiger partial charge is 0.432 e. The molecule has 0 spiro atoms. The molecule has 1 unspecified atom stereocenters. The van der Waals surface area contributed by atoms with Crippen molar-refractivity contribution in [2.75, 3.05) is 11.9 Å². The van der Waals surface area contributed by atoms with Gasteiger partial charge in [-0.05, 0) is 25.0 Å². The Morgan fingerprint density at radius 2 is 1.52 bits per heavy atom. The van der Waals surface area contributed by atoms with Crippen LogP contribution in [0.2, 0.25) is 0 Å². The first-order chi connectivity index (χ1) is 9.46. The molecule has 0 radical (unpaired) electrons. The standard InChI is InChI=1S/C13H13F6NO/c1-7-4-9(5-8(2)10(7)20(3)6-21)12(16,11(14)15)13(17,18)19/h4-6,11H,1-3H3. The van der Waals surface area contributed by atoms with Crippen LogP contribution in [0.1, 0.15) is 16.7 Å². The smallest absolute Gasteiger partial charge is 0.318 e. The highest BCUT2D eigenvalue weighted by Crippen LogP contribution is 2.48. The van der Waals surface area contributed by atoms with Crippen molar-refractivity contribution in [1.82, 2.24) is 0 Å². The van der Waals surface area contributed by atoms with Crippen molar-refractivity contribution < 1.29 is 31.1 Å². The SMILES string of the molecule is Cc1cc(C(F)(C(F)F)C(F)(F)F)cc(C)c1N(C)C=O. The van der Waals surface area contributed by atoms with Crippen molar-refractivity contribution in [3.63, 3.8) is 0 Å². The van der Waals surface area contributed by atoms with Gasteiger partial charge in [0.25, 0.3) is 12.1 Å². The van der Waals surface area contributed by atoms with Gasteiger partial charge < -0.3 is 4.90 Å². The molecule has 118 valence electrons. The molecular formula is C13H13F6NO. The Morgan fingerprint density at radius 1 is 1.10 bits per heavy atom. The highest BCUT2D eigenvalue weighted by Gasteiger charge is 2.64. The minimum Gasteiger partial charge on any atom is -0.318 e. The Hall–Kier alpha value is -1.73. The summed E-state index contributed by atoms with van der Waals surface area (Å²) < 4.78 is 77.5. The number of benzene rings is 1. The molecule has 2 nitrogen and oxygen atoms in total. The maximum atomic E-state index is 14.0. The van der Waals surface area contributed by atoms with Crippen LogP contribution in [-0.2, 0) is 10.5 Å².